The molecule has 0 atom stereocenters. The van der Waals surface area contributed by atoms with Crippen LogP contribution < -0.4 is 16.8 Å². The summed E-state index contributed by atoms with van der Waals surface area (Å²) >= 11 is 1.27. The first-order valence-electron chi connectivity index (χ1n) is 5.94. The van der Waals surface area contributed by atoms with Crippen molar-refractivity contribution >= 4 is 23.1 Å². The minimum Gasteiger partial charge on any atom is -0.324 e. The lowest BCUT2D eigenvalue weighted by Gasteiger charge is -2.08. The number of nitrogen functional groups attached to an aromatic ring is 1. The van der Waals surface area contributed by atoms with Gasteiger partial charge in [0.25, 0.3) is 11.2 Å². The number of benzene rings is 1. The number of hydrazine groups is 1. The third-order valence-corrected chi connectivity index (χ3v) is 3.59. The Balaban J connectivity index is 2.23. The first-order valence-corrected chi connectivity index (χ1v) is 6.93. The van der Waals surface area contributed by atoms with Crippen molar-refractivity contribution in [1.29, 1.82) is 0 Å². The van der Waals surface area contributed by atoms with Gasteiger partial charge < -0.3 is 10.4 Å². The van der Waals surface area contributed by atoms with Crippen LogP contribution in [0.15, 0.2) is 34.2 Å². The zero-order valence-corrected chi connectivity index (χ0v) is 11.9. The Morgan fingerprint density at radius 3 is 2.86 bits per heavy atom. The number of non-ortho nitro benzene ring substituents is 1. The number of rotatable bonds is 5. The number of H-pyrrole nitrogens is 1. The summed E-state index contributed by atoms with van der Waals surface area (Å²) in [6.45, 7) is 1.72. The number of anilines is 1. The Hall–Kier alpha value is -2.39. The highest BCUT2D eigenvalue weighted by atomic mass is 32.2. The average molecular weight is 307 g/mol. The summed E-state index contributed by atoms with van der Waals surface area (Å²) in [7, 11) is 0. The zero-order valence-electron chi connectivity index (χ0n) is 11.1. The molecule has 1 aromatic heterocycles. The van der Waals surface area contributed by atoms with Gasteiger partial charge in [0, 0.05) is 29.6 Å². The maximum atomic E-state index is 11.4. The van der Waals surface area contributed by atoms with Crippen molar-refractivity contribution in [3.63, 3.8) is 0 Å². The third-order valence-electron chi connectivity index (χ3n) is 2.67. The number of aromatic amines is 1. The van der Waals surface area contributed by atoms with Crippen LogP contribution in [0.25, 0.3) is 0 Å². The average Bonchev–Trinajstić information content (AvgIpc) is 2.43. The Bertz CT molecular complexity index is 731. The van der Waals surface area contributed by atoms with Gasteiger partial charge in [0.15, 0.2) is 5.16 Å². The van der Waals surface area contributed by atoms with E-state index in [1.54, 1.807) is 13.0 Å². The van der Waals surface area contributed by atoms with Crippen molar-refractivity contribution in [3.05, 3.63) is 56.0 Å². The topological polar surface area (TPSA) is 127 Å². The molecule has 0 saturated heterocycles. The van der Waals surface area contributed by atoms with Gasteiger partial charge in [-0.05, 0) is 18.6 Å². The number of thioether (sulfide) groups is 1. The van der Waals surface area contributed by atoms with E-state index in [1.165, 1.54) is 30.0 Å². The molecule has 1 heterocycles. The van der Waals surface area contributed by atoms with Gasteiger partial charge in [-0.15, -0.1) is 0 Å². The van der Waals surface area contributed by atoms with Gasteiger partial charge in [-0.2, -0.15) is 0 Å². The highest BCUT2D eigenvalue weighted by molar-refractivity contribution is 7.98. The van der Waals surface area contributed by atoms with E-state index < -0.39 is 4.92 Å². The molecule has 0 radical (unpaired) electrons. The minimum absolute atomic E-state index is 0.0182. The van der Waals surface area contributed by atoms with Gasteiger partial charge in [-0.3, -0.25) is 20.8 Å². The van der Waals surface area contributed by atoms with E-state index in [9.17, 15) is 14.9 Å². The first-order chi connectivity index (χ1) is 9.99. The summed E-state index contributed by atoms with van der Waals surface area (Å²) in [6, 6.07) is 5.75. The molecule has 1 aromatic carbocycles. The number of nitrogens with two attached hydrogens (primary N) is 1. The molecule has 0 spiro atoms. The number of nitrogens with zero attached hydrogens (tertiary/aromatic N) is 2. The lowest BCUT2D eigenvalue weighted by Crippen LogP contribution is -2.10. The van der Waals surface area contributed by atoms with E-state index in [1.807, 2.05) is 0 Å². The first kappa shape index (κ1) is 15.0. The molecule has 0 fully saturated rings. The van der Waals surface area contributed by atoms with Crippen molar-refractivity contribution in [3.8, 4) is 0 Å². The normalized spacial score (nSPS) is 10.4. The van der Waals surface area contributed by atoms with E-state index in [0.29, 0.717) is 27.9 Å². The number of hydrogen-bond acceptors (Lipinski definition) is 7. The lowest BCUT2D eigenvalue weighted by atomic mass is 10.2. The monoisotopic (exact) mass is 307 g/mol. The summed E-state index contributed by atoms with van der Waals surface area (Å²) in [5.41, 5.74) is 4.09. The highest BCUT2D eigenvalue weighted by Crippen LogP contribution is 2.27. The van der Waals surface area contributed by atoms with Crippen LogP contribution in [0, 0.1) is 17.0 Å². The van der Waals surface area contributed by atoms with Crippen LogP contribution in [0.1, 0.15) is 11.3 Å². The van der Waals surface area contributed by atoms with Gasteiger partial charge in [-0.1, -0.05) is 11.8 Å². The summed E-state index contributed by atoms with van der Waals surface area (Å²) < 4.78 is 0. The number of nitro groups is 1. The SMILES string of the molecule is Cc1cc(=O)[nH]c(SCc2cc([N+](=O)[O-])ccc2NN)n1. The fraction of sp³-hybridized carbons (Fsp3) is 0.167. The van der Waals surface area contributed by atoms with E-state index in [2.05, 4.69) is 15.4 Å². The molecule has 0 bridgehead atoms. The maximum Gasteiger partial charge on any atom is 0.269 e. The van der Waals surface area contributed by atoms with Crippen molar-refractivity contribution in [1.82, 2.24) is 9.97 Å². The predicted octanol–water partition coefficient (Wildman–Crippen LogP) is 1.56. The molecule has 21 heavy (non-hydrogen) atoms. The highest BCUT2D eigenvalue weighted by Gasteiger charge is 2.11. The second-order valence-corrected chi connectivity index (χ2v) is 5.19. The molecule has 0 aliphatic carbocycles. The number of aryl methyl sites for hydroxylation is 1. The predicted molar refractivity (Wildman–Crippen MR) is 80.1 cm³/mol. The molecule has 4 N–H and O–H groups in total. The van der Waals surface area contributed by atoms with Crippen LogP contribution in [0.3, 0.4) is 0 Å². The molecule has 2 aromatic rings. The Kier molecular flexibility index (Phi) is 4.55. The number of nitro benzene ring substituents is 1. The van der Waals surface area contributed by atoms with Gasteiger partial charge in [-0.25, -0.2) is 4.98 Å². The van der Waals surface area contributed by atoms with E-state index in [0.717, 1.165) is 0 Å². The smallest absolute Gasteiger partial charge is 0.269 e. The molecule has 0 amide bonds. The quantitative estimate of drug-likeness (QED) is 0.251. The maximum absolute atomic E-state index is 11.4. The van der Waals surface area contributed by atoms with E-state index in [4.69, 9.17) is 5.84 Å². The molecule has 0 saturated carbocycles. The fourth-order valence-corrected chi connectivity index (χ4v) is 2.63. The van der Waals surface area contributed by atoms with Gasteiger partial charge in [0.1, 0.15) is 0 Å². The molecule has 2 rings (SSSR count). The number of nitrogens with one attached hydrogen (secondary N) is 2. The summed E-state index contributed by atoms with van der Waals surface area (Å²) in [4.78, 5) is 28.5. The molecular weight excluding hydrogens is 294 g/mol. The standard InChI is InChI=1S/C12H13N5O3S/c1-7-4-11(18)15-12(14-7)21-6-8-5-9(17(19)20)2-3-10(8)16-13/h2-5,16H,6,13H2,1H3,(H,14,15,18). The van der Waals surface area contributed by atoms with Crippen molar-refractivity contribution in [2.45, 2.75) is 17.8 Å². The second-order valence-electron chi connectivity index (χ2n) is 4.22. The van der Waals surface area contributed by atoms with Gasteiger partial charge in [0.05, 0.1) is 10.6 Å². The summed E-state index contributed by atoms with van der Waals surface area (Å²) in [5.74, 6) is 5.77. The van der Waals surface area contributed by atoms with Crippen LogP contribution in [0.4, 0.5) is 11.4 Å². The van der Waals surface area contributed by atoms with Crippen molar-refractivity contribution in [2.75, 3.05) is 5.43 Å². The van der Waals surface area contributed by atoms with Crippen LogP contribution in [-0.4, -0.2) is 14.9 Å². The number of aromatic nitrogens is 2. The molecule has 0 aliphatic rings. The Labute approximate surface area is 123 Å². The molecular formula is C12H13N5O3S. The van der Waals surface area contributed by atoms with Crippen molar-refractivity contribution < 1.29 is 4.92 Å². The molecule has 8 nitrogen and oxygen atoms in total. The molecule has 0 aliphatic heterocycles. The van der Waals surface area contributed by atoms with E-state index in [-0.39, 0.29) is 11.2 Å². The van der Waals surface area contributed by atoms with Gasteiger partial charge in [0.2, 0.25) is 0 Å². The molecule has 9 heteroatoms. The van der Waals surface area contributed by atoms with Crippen LogP contribution >= 0.6 is 11.8 Å². The largest absolute Gasteiger partial charge is 0.324 e. The Morgan fingerprint density at radius 2 is 2.24 bits per heavy atom. The molecule has 0 unspecified atom stereocenters. The fourth-order valence-electron chi connectivity index (χ4n) is 1.72. The third kappa shape index (κ3) is 3.80. The second kappa shape index (κ2) is 6.37. The summed E-state index contributed by atoms with van der Waals surface area (Å²) in [5, 5.41) is 11.3. The lowest BCUT2D eigenvalue weighted by molar-refractivity contribution is -0.384. The molecule has 110 valence electrons. The summed E-state index contributed by atoms with van der Waals surface area (Å²) in [6.07, 6.45) is 0. The minimum atomic E-state index is -0.471. The van der Waals surface area contributed by atoms with E-state index >= 15 is 0 Å². The van der Waals surface area contributed by atoms with Crippen LogP contribution in [0.2, 0.25) is 0 Å². The number of hydrogen-bond donors (Lipinski definition) is 3. The Morgan fingerprint density at radius 1 is 1.48 bits per heavy atom. The van der Waals surface area contributed by atoms with Gasteiger partial charge >= 0.3 is 0 Å². The zero-order chi connectivity index (χ0) is 15.4. The van der Waals surface area contributed by atoms with Crippen molar-refractivity contribution in [2.24, 2.45) is 5.84 Å². The van der Waals surface area contributed by atoms with Crippen LogP contribution in [-0.2, 0) is 5.75 Å². The van der Waals surface area contributed by atoms with Crippen LogP contribution in [0.5, 0.6) is 0 Å².